The first-order chi connectivity index (χ1) is 7.04. The number of nitrogens with zero attached hydrogens (tertiary/aromatic N) is 1. The molecule has 1 aromatic heterocycles. The Balaban J connectivity index is 2.66. The maximum absolute atomic E-state index is 12.3. The average Bonchev–Trinajstić information content (AvgIpc) is 2.17. The first-order valence-electron chi connectivity index (χ1n) is 4.46. The Morgan fingerprint density at radius 1 is 1.33 bits per heavy atom. The van der Waals surface area contributed by atoms with Crippen LogP contribution < -0.4 is 10.6 Å². The third kappa shape index (κ3) is 3.75. The standard InChI is InChI=1S/C9H12F3N3/c1-13-4-5-15-8-6-7(2-3-14-8)9(10,11)12/h2-3,6,13H,4-5H2,1H3,(H,14,15). The van der Waals surface area contributed by atoms with E-state index in [0.29, 0.717) is 13.1 Å². The Morgan fingerprint density at radius 3 is 2.67 bits per heavy atom. The molecule has 0 atom stereocenters. The summed E-state index contributed by atoms with van der Waals surface area (Å²) in [4.78, 5) is 3.79. The lowest BCUT2D eigenvalue weighted by atomic mass is 10.2. The van der Waals surface area contributed by atoms with Gasteiger partial charge in [0, 0.05) is 19.3 Å². The van der Waals surface area contributed by atoms with Gasteiger partial charge in [0.25, 0.3) is 0 Å². The van der Waals surface area contributed by atoms with Gasteiger partial charge in [-0.2, -0.15) is 13.2 Å². The molecule has 0 amide bonds. The minimum atomic E-state index is -4.32. The minimum Gasteiger partial charge on any atom is -0.369 e. The molecule has 0 aliphatic rings. The van der Waals surface area contributed by atoms with Gasteiger partial charge in [-0.05, 0) is 19.2 Å². The van der Waals surface area contributed by atoms with E-state index in [-0.39, 0.29) is 5.82 Å². The van der Waals surface area contributed by atoms with Crippen LogP contribution in [0.5, 0.6) is 0 Å². The molecule has 0 saturated heterocycles. The number of likely N-dealkylation sites (N-methyl/N-ethyl adjacent to an activating group) is 1. The van der Waals surface area contributed by atoms with Crippen LogP contribution >= 0.6 is 0 Å². The second-order valence-electron chi connectivity index (χ2n) is 2.96. The molecule has 0 unspecified atom stereocenters. The molecule has 0 aliphatic carbocycles. The Hall–Kier alpha value is -1.30. The SMILES string of the molecule is CNCCNc1cc(C(F)(F)F)ccn1. The highest BCUT2D eigenvalue weighted by molar-refractivity contribution is 5.38. The first-order valence-corrected chi connectivity index (χ1v) is 4.46. The lowest BCUT2D eigenvalue weighted by Crippen LogP contribution is -2.18. The molecule has 0 aromatic carbocycles. The van der Waals surface area contributed by atoms with Crippen LogP contribution in [0.25, 0.3) is 0 Å². The predicted octanol–water partition coefficient (Wildman–Crippen LogP) is 1.73. The highest BCUT2D eigenvalue weighted by atomic mass is 19.4. The molecule has 84 valence electrons. The molecule has 2 N–H and O–H groups in total. The Kier molecular flexibility index (Phi) is 3.90. The quantitative estimate of drug-likeness (QED) is 0.757. The van der Waals surface area contributed by atoms with Crippen LogP contribution in [-0.4, -0.2) is 25.1 Å². The van der Waals surface area contributed by atoms with Gasteiger partial charge in [-0.1, -0.05) is 0 Å². The molecule has 15 heavy (non-hydrogen) atoms. The Morgan fingerprint density at radius 2 is 2.07 bits per heavy atom. The molecule has 6 heteroatoms. The van der Waals surface area contributed by atoms with Crippen molar-refractivity contribution in [2.45, 2.75) is 6.18 Å². The topological polar surface area (TPSA) is 37.0 Å². The van der Waals surface area contributed by atoms with Crippen LogP contribution in [0, 0.1) is 0 Å². The third-order valence-corrected chi connectivity index (χ3v) is 1.77. The number of anilines is 1. The van der Waals surface area contributed by atoms with E-state index >= 15 is 0 Å². The maximum Gasteiger partial charge on any atom is 0.416 e. The summed E-state index contributed by atoms with van der Waals surface area (Å²) < 4.78 is 36.9. The summed E-state index contributed by atoms with van der Waals surface area (Å²) in [6.45, 7) is 1.20. The van der Waals surface area contributed by atoms with E-state index in [1.54, 1.807) is 7.05 Å². The number of pyridine rings is 1. The molecule has 0 saturated carbocycles. The average molecular weight is 219 g/mol. The number of hydrogen-bond acceptors (Lipinski definition) is 3. The number of halogens is 3. The first kappa shape index (κ1) is 11.8. The molecule has 1 aromatic rings. The van der Waals surface area contributed by atoms with Crippen LogP contribution in [0.3, 0.4) is 0 Å². The molecular formula is C9H12F3N3. The van der Waals surface area contributed by atoms with Gasteiger partial charge < -0.3 is 10.6 Å². The fourth-order valence-corrected chi connectivity index (χ4v) is 1.02. The van der Waals surface area contributed by atoms with E-state index in [9.17, 15) is 13.2 Å². The summed E-state index contributed by atoms with van der Waals surface area (Å²) in [6.07, 6.45) is -3.17. The summed E-state index contributed by atoms with van der Waals surface area (Å²) >= 11 is 0. The van der Waals surface area contributed by atoms with Crippen molar-refractivity contribution in [3.63, 3.8) is 0 Å². The van der Waals surface area contributed by atoms with Crippen molar-refractivity contribution in [2.75, 3.05) is 25.5 Å². The number of nitrogens with one attached hydrogen (secondary N) is 2. The molecule has 0 radical (unpaired) electrons. The summed E-state index contributed by atoms with van der Waals surface area (Å²) in [5.74, 6) is 0.236. The fourth-order valence-electron chi connectivity index (χ4n) is 1.02. The van der Waals surface area contributed by atoms with Gasteiger partial charge in [0.05, 0.1) is 5.56 Å². The van der Waals surface area contributed by atoms with E-state index in [1.807, 2.05) is 0 Å². The minimum absolute atomic E-state index is 0.236. The molecule has 0 bridgehead atoms. The molecule has 1 heterocycles. The molecule has 3 nitrogen and oxygen atoms in total. The van der Waals surface area contributed by atoms with Crippen molar-refractivity contribution < 1.29 is 13.2 Å². The van der Waals surface area contributed by atoms with Crippen LogP contribution in [0.2, 0.25) is 0 Å². The van der Waals surface area contributed by atoms with Crippen molar-refractivity contribution in [1.82, 2.24) is 10.3 Å². The van der Waals surface area contributed by atoms with Gasteiger partial charge in [-0.15, -0.1) is 0 Å². The highest BCUT2D eigenvalue weighted by Crippen LogP contribution is 2.29. The van der Waals surface area contributed by atoms with E-state index in [0.717, 1.165) is 18.3 Å². The molecule has 1 rings (SSSR count). The van der Waals surface area contributed by atoms with E-state index in [1.165, 1.54) is 0 Å². The second-order valence-corrected chi connectivity index (χ2v) is 2.96. The lowest BCUT2D eigenvalue weighted by molar-refractivity contribution is -0.137. The smallest absolute Gasteiger partial charge is 0.369 e. The number of aromatic nitrogens is 1. The largest absolute Gasteiger partial charge is 0.416 e. The predicted molar refractivity (Wildman–Crippen MR) is 51.7 cm³/mol. The van der Waals surface area contributed by atoms with Crippen LogP contribution in [-0.2, 0) is 6.18 Å². The zero-order valence-electron chi connectivity index (χ0n) is 8.23. The Bertz CT molecular complexity index is 312. The number of rotatable bonds is 4. The third-order valence-electron chi connectivity index (χ3n) is 1.77. The summed E-state index contributed by atoms with van der Waals surface area (Å²) in [5.41, 5.74) is -0.690. The van der Waals surface area contributed by atoms with Crippen LogP contribution in [0.4, 0.5) is 19.0 Å². The molecule has 0 aliphatic heterocycles. The summed E-state index contributed by atoms with van der Waals surface area (Å²) in [6, 6.07) is 1.94. The molecule has 0 spiro atoms. The van der Waals surface area contributed by atoms with Crippen molar-refractivity contribution >= 4 is 5.82 Å². The second kappa shape index (κ2) is 4.97. The number of alkyl halides is 3. The fraction of sp³-hybridized carbons (Fsp3) is 0.444. The lowest BCUT2D eigenvalue weighted by Gasteiger charge is -2.09. The normalized spacial score (nSPS) is 11.5. The van der Waals surface area contributed by atoms with E-state index in [4.69, 9.17) is 0 Å². The van der Waals surface area contributed by atoms with E-state index < -0.39 is 11.7 Å². The van der Waals surface area contributed by atoms with Crippen molar-refractivity contribution in [2.24, 2.45) is 0 Å². The van der Waals surface area contributed by atoms with Gasteiger partial charge >= 0.3 is 6.18 Å². The Labute approximate surface area is 85.7 Å². The van der Waals surface area contributed by atoms with Gasteiger partial charge in [0.2, 0.25) is 0 Å². The molecular weight excluding hydrogens is 207 g/mol. The van der Waals surface area contributed by atoms with E-state index in [2.05, 4.69) is 15.6 Å². The van der Waals surface area contributed by atoms with Gasteiger partial charge in [0.15, 0.2) is 0 Å². The molecule has 0 fully saturated rings. The van der Waals surface area contributed by atoms with Crippen molar-refractivity contribution in [3.05, 3.63) is 23.9 Å². The zero-order chi connectivity index (χ0) is 11.3. The van der Waals surface area contributed by atoms with Gasteiger partial charge in [-0.3, -0.25) is 0 Å². The monoisotopic (exact) mass is 219 g/mol. The summed E-state index contributed by atoms with van der Waals surface area (Å²) in [5, 5.41) is 5.65. The van der Waals surface area contributed by atoms with Gasteiger partial charge in [-0.25, -0.2) is 4.98 Å². The van der Waals surface area contributed by atoms with Gasteiger partial charge in [0.1, 0.15) is 5.82 Å². The maximum atomic E-state index is 12.3. The summed E-state index contributed by atoms with van der Waals surface area (Å²) in [7, 11) is 1.77. The number of hydrogen-bond donors (Lipinski definition) is 2. The zero-order valence-corrected chi connectivity index (χ0v) is 8.23. The van der Waals surface area contributed by atoms with Crippen molar-refractivity contribution in [1.29, 1.82) is 0 Å². The highest BCUT2D eigenvalue weighted by Gasteiger charge is 2.30. The van der Waals surface area contributed by atoms with Crippen LogP contribution in [0.15, 0.2) is 18.3 Å². The van der Waals surface area contributed by atoms with Crippen molar-refractivity contribution in [3.8, 4) is 0 Å². The van der Waals surface area contributed by atoms with Crippen LogP contribution in [0.1, 0.15) is 5.56 Å².